The molecule has 1 unspecified atom stereocenters. The zero-order valence-electron chi connectivity index (χ0n) is 18.9. The van der Waals surface area contributed by atoms with E-state index in [2.05, 4.69) is 39.6 Å². The number of benzene rings is 1. The molecule has 2 aromatic rings. The molecule has 3 rings (SSSR count). The van der Waals surface area contributed by atoms with Gasteiger partial charge in [-0.3, -0.25) is 0 Å². The molecule has 0 radical (unpaired) electrons. The van der Waals surface area contributed by atoms with Crippen molar-refractivity contribution in [2.24, 2.45) is 4.99 Å². The minimum absolute atomic E-state index is 0.235. The summed E-state index contributed by atoms with van der Waals surface area (Å²) in [6, 6.07) is 10.0. The smallest absolute Gasteiger partial charge is 0.191 e. The molecule has 31 heavy (non-hydrogen) atoms. The molecular formula is C23H33N5O3. The van der Waals surface area contributed by atoms with Crippen molar-refractivity contribution >= 4 is 11.8 Å². The van der Waals surface area contributed by atoms with Crippen LogP contribution in [0.1, 0.15) is 25.0 Å². The van der Waals surface area contributed by atoms with E-state index in [1.165, 1.54) is 0 Å². The zero-order valence-corrected chi connectivity index (χ0v) is 18.9. The number of methoxy groups -OCH3 is 2. The van der Waals surface area contributed by atoms with Crippen LogP contribution in [-0.2, 0) is 17.8 Å². The maximum absolute atomic E-state index is 5.61. The number of aromatic nitrogens is 1. The van der Waals surface area contributed by atoms with Gasteiger partial charge < -0.3 is 29.7 Å². The number of anilines is 1. The number of hydrogen-bond acceptors (Lipinski definition) is 6. The minimum Gasteiger partial charge on any atom is -0.493 e. The summed E-state index contributed by atoms with van der Waals surface area (Å²) >= 11 is 0. The van der Waals surface area contributed by atoms with Crippen molar-refractivity contribution in [3.63, 3.8) is 0 Å². The Morgan fingerprint density at radius 2 is 1.97 bits per heavy atom. The number of pyridine rings is 1. The molecular weight excluding hydrogens is 394 g/mol. The molecule has 1 aliphatic heterocycles. The van der Waals surface area contributed by atoms with Gasteiger partial charge in [-0.25, -0.2) is 9.98 Å². The first kappa shape index (κ1) is 22.7. The third kappa shape index (κ3) is 6.49. The van der Waals surface area contributed by atoms with Crippen molar-refractivity contribution in [2.45, 2.75) is 33.0 Å². The van der Waals surface area contributed by atoms with Crippen molar-refractivity contribution in [1.29, 1.82) is 0 Å². The maximum Gasteiger partial charge on any atom is 0.191 e. The first-order valence-electron chi connectivity index (χ1n) is 10.7. The van der Waals surface area contributed by atoms with Crippen LogP contribution in [0.4, 0.5) is 5.82 Å². The van der Waals surface area contributed by atoms with Gasteiger partial charge in [0.15, 0.2) is 17.5 Å². The monoisotopic (exact) mass is 427 g/mol. The quantitative estimate of drug-likeness (QED) is 0.495. The van der Waals surface area contributed by atoms with Crippen LogP contribution in [0.2, 0.25) is 0 Å². The molecule has 0 saturated carbocycles. The fraction of sp³-hybridized carbons (Fsp3) is 0.478. The lowest BCUT2D eigenvalue weighted by Gasteiger charge is -2.32. The Balaban J connectivity index is 1.59. The van der Waals surface area contributed by atoms with Gasteiger partial charge in [-0.15, -0.1) is 0 Å². The number of aliphatic imine (C=N–C) groups is 1. The summed E-state index contributed by atoms with van der Waals surface area (Å²) in [5.74, 6) is 3.17. The second kappa shape index (κ2) is 11.4. The molecule has 0 aliphatic carbocycles. The van der Waals surface area contributed by atoms with Gasteiger partial charge in [0, 0.05) is 32.4 Å². The van der Waals surface area contributed by atoms with Gasteiger partial charge >= 0.3 is 0 Å². The SMILES string of the molecule is CCNC(=NCc1ccc(N2CCOC(C)C2)nc1)NCc1ccc(OC)c(OC)c1. The van der Waals surface area contributed by atoms with E-state index in [-0.39, 0.29) is 6.10 Å². The third-order valence-electron chi connectivity index (χ3n) is 5.05. The zero-order chi connectivity index (χ0) is 22.1. The Labute approximate surface area is 184 Å². The second-order valence-corrected chi connectivity index (χ2v) is 7.39. The van der Waals surface area contributed by atoms with Crippen LogP contribution >= 0.6 is 0 Å². The van der Waals surface area contributed by atoms with E-state index in [1.807, 2.05) is 31.3 Å². The van der Waals surface area contributed by atoms with E-state index in [0.29, 0.717) is 24.6 Å². The van der Waals surface area contributed by atoms with Crippen LogP contribution in [0, 0.1) is 0 Å². The van der Waals surface area contributed by atoms with Gasteiger partial charge in [0.05, 0.1) is 33.5 Å². The van der Waals surface area contributed by atoms with Gasteiger partial charge in [0.25, 0.3) is 0 Å². The van der Waals surface area contributed by atoms with Gasteiger partial charge in [-0.1, -0.05) is 12.1 Å². The lowest BCUT2D eigenvalue weighted by atomic mass is 10.2. The molecule has 0 amide bonds. The molecule has 1 aliphatic rings. The predicted molar refractivity (Wildman–Crippen MR) is 123 cm³/mol. The van der Waals surface area contributed by atoms with E-state index in [1.54, 1.807) is 14.2 Å². The molecule has 1 aromatic carbocycles. The molecule has 0 bridgehead atoms. The molecule has 8 nitrogen and oxygen atoms in total. The van der Waals surface area contributed by atoms with Crippen LogP contribution in [0.3, 0.4) is 0 Å². The van der Waals surface area contributed by atoms with Gasteiger partial charge in [0.2, 0.25) is 0 Å². The average molecular weight is 428 g/mol. The van der Waals surface area contributed by atoms with Crippen LogP contribution in [0.15, 0.2) is 41.5 Å². The molecule has 1 atom stereocenters. The fourth-order valence-corrected chi connectivity index (χ4v) is 3.41. The third-order valence-corrected chi connectivity index (χ3v) is 5.05. The van der Waals surface area contributed by atoms with Crippen molar-refractivity contribution in [3.8, 4) is 11.5 Å². The summed E-state index contributed by atoms with van der Waals surface area (Å²) < 4.78 is 16.3. The molecule has 2 heterocycles. The molecule has 168 valence electrons. The summed E-state index contributed by atoms with van der Waals surface area (Å²) in [5.41, 5.74) is 2.14. The highest BCUT2D eigenvalue weighted by Crippen LogP contribution is 2.27. The number of morpholine rings is 1. The minimum atomic E-state index is 0.235. The largest absolute Gasteiger partial charge is 0.493 e. The molecule has 1 fully saturated rings. The van der Waals surface area contributed by atoms with Crippen LogP contribution in [0.5, 0.6) is 11.5 Å². The highest BCUT2D eigenvalue weighted by atomic mass is 16.5. The number of hydrogen-bond donors (Lipinski definition) is 2. The van der Waals surface area contributed by atoms with E-state index >= 15 is 0 Å². The number of guanidine groups is 1. The van der Waals surface area contributed by atoms with Crippen LogP contribution in [-0.4, -0.2) is 57.5 Å². The molecule has 1 aromatic heterocycles. The van der Waals surface area contributed by atoms with E-state index in [4.69, 9.17) is 19.2 Å². The standard InChI is InChI=1S/C23H33N5O3/c1-5-24-23(26-13-18-6-8-20(29-3)21(12-18)30-4)27-15-19-7-9-22(25-14-19)28-10-11-31-17(2)16-28/h6-9,12,14,17H,5,10-11,13,15-16H2,1-4H3,(H2,24,26,27). The number of nitrogens with one attached hydrogen (secondary N) is 2. The summed E-state index contributed by atoms with van der Waals surface area (Å²) in [5, 5.41) is 6.65. The fourth-order valence-electron chi connectivity index (χ4n) is 3.41. The average Bonchev–Trinajstić information content (AvgIpc) is 2.81. The highest BCUT2D eigenvalue weighted by Gasteiger charge is 2.17. The first-order chi connectivity index (χ1) is 15.1. The van der Waals surface area contributed by atoms with Gasteiger partial charge in [0.1, 0.15) is 5.82 Å². The molecule has 1 saturated heterocycles. The van der Waals surface area contributed by atoms with Gasteiger partial charge in [-0.2, -0.15) is 0 Å². The summed E-state index contributed by atoms with van der Waals surface area (Å²) in [6.45, 7) is 8.58. The summed E-state index contributed by atoms with van der Waals surface area (Å²) in [7, 11) is 3.27. The topological polar surface area (TPSA) is 80.2 Å². The van der Waals surface area contributed by atoms with Crippen molar-refractivity contribution in [3.05, 3.63) is 47.7 Å². The lowest BCUT2D eigenvalue weighted by molar-refractivity contribution is 0.0529. The van der Waals surface area contributed by atoms with Gasteiger partial charge in [-0.05, 0) is 43.2 Å². The number of rotatable bonds is 8. The van der Waals surface area contributed by atoms with Crippen molar-refractivity contribution in [1.82, 2.24) is 15.6 Å². The second-order valence-electron chi connectivity index (χ2n) is 7.39. The summed E-state index contributed by atoms with van der Waals surface area (Å²) in [4.78, 5) is 11.6. The Kier molecular flexibility index (Phi) is 8.35. The number of nitrogens with zero attached hydrogens (tertiary/aromatic N) is 3. The summed E-state index contributed by atoms with van der Waals surface area (Å²) in [6.07, 6.45) is 2.14. The first-order valence-corrected chi connectivity index (χ1v) is 10.7. The molecule has 8 heteroatoms. The maximum atomic E-state index is 5.61. The van der Waals surface area contributed by atoms with Crippen LogP contribution < -0.4 is 25.0 Å². The Hall–Kier alpha value is -3.00. The van der Waals surface area contributed by atoms with E-state index in [0.717, 1.165) is 49.1 Å². The highest BCUT2D eigenvalue weighted by molar-refractivity contribution is 5.79. The Bertz CT molecular complexity index is 857. The normalized spacial score (nSPS) is 16.7. The van der Waals surface area contributed by atoms with E-state index in [9.17, 15) is 0 Å². The Morgan fingerprint density at radius 3 is 2.65 bits per heavy atom. The van der Waals surface area contributed by atoms with E-state index < -0.39 is 0 Å². The predicted octanol–water partition coefficient (Wildman–Crippen LogP) is 2.58. The van der Waals surface area contributed by atoms with Crippen LogP contribution in [0.25, 0.3) is 0 Å². The van der Waals surface area contributed by atoms with Crippen molar-refractivity contribution in [2.75, 3.05) is 45.4 Å². The molecule has 2 N–H and O–H groups in total. The number of ether oxygens (including phenoxy) is 3. The molecule has 0 spiro atoms. The lowest BCUT2D eigenvalue weighted by Crippen LogP contribution is -2.41. The Morgan fingerprint density at radius 1 is 1.16 bits per heavy atom. The van der Waals surface area contributed by atoms with Crippen molar-refractivity contribution < 1.29 is 14.2 Å².